The van der Waals surface area contributed by atoms with Gasteiger partial charge in [0, 0.05) is 6.42 Å². The molecule has 4 nitrogen and oxygen atoms in total. The van der Waals surface area contributed by atoms with Crippen molar-refractivity contribution in [3.05, 3.63) is 58.6 Å². The van der Waals surface area contributed by atoms with Crippen LogP contribution in [0.5, 0.6) is 11.5 Å². The van der Waals surface area contributed by atoms with Gasteiger partial charge in [0.2, 0.25) is 0 Å². The van der Waals surface area contributed by atoms with E-state index in [-0.39, 0.29) is 5.56 Å². The van der Waals surface area contributed by atoms with Gasteiger partial charge in [-0.05, 0) is 46.3 Å². The molecular weight excluding hydrogens is 336 g/mol. The molecule has 0 aliphatic rings. The van der Waals surface area contributed by atoms with Gasteiger partial charge in [0.05, 0.1) is 23.2 Å². The van der Waals surface area contributed by atoms with E-state index in [1.165, 1.54) is 12.1 Å². The molecule has 0 unspecified atom stereocenters. The molecule has 0 aliphatic heterocycles. The van der Waals surface area contributed by atoms with Gasteiger partial charge in [0.25, 0.3) is 0 Å². The van der Waals surface area contributed by atoms with Crippen LogP contribution in [0.3, 0.4) is 0 Å². The first kappa shape index (κ1) is 15.4. The molecule has 1 N–H and O–H groups in total. The summed E-state index contributed by atoms with van der Waals surface area (Å²) >= 11 is 3.41. The molecule has 0 atom stereocenters. The highest BCUT2D eigenvalue weighted by Crippen LogP contribution is 2.23. The fourth-order valence-corrected chi connectivity index (χ4v) is 2.11. The van der Waals surface area contributed by atoms with Crippen LogP contribution in [-0.4, -0.2) is 24.3 Å². The number of hydrogen-bond acceptors (Lipinski definition) is 3. The van der Waals surface area contributed by atoms with Gasteiger partial charge < -0.3 is 14.6 Å². The average molecular weight is 351 g/mol. The van der Waals surface area contributed by atoms with Crippen LogP contribution >= 0.6 is 15.9 Å². The van der Waals surface area contributed by atoms with E-state index in [1.54, 1.807) is 12.1 Å². The van der Waals surface area contributed by atoms with E-state index in [1.807, 2.05) is 24.3 Å². The van der Waals surface area contributed by atoms with Crippen molar-refractivity contribution in [3.8, 4) is 11.5 Å². The second kappa shape index (κ2) is 7.69. The van der Waals surface area contributed by atoms with Gasteiger partial charge in [-0.3, -0.25) is 0 Å². The van der Waals surface area contributed by atoms with Crippen LogP contribution in [0.25, 0.3) is 0 Å². The SMILES string of the molecule is O=C(O)c1cccc(OCCCOc2ccccc2Br)c1. The predicted molar refractivity (Wildman–Crippen MR) is 83.2 cm³/mol. The molecule has 21 heavy (non-hydrogen) atoms. The minimum atomic E-state index is -0.960. The Kier molecular flexibility index (Phi) is 5.63. The molecule has 0 radical (unpaired) electrons. The number of rotatable bonds is 7. The molecule has 0 aromatic heterocycles. The van der Waals surface area contributed by atoms with Gasteiger partial charge in [-0.1, -0.05) is 18.2 Å². The van der Waals surface area contributed by atoms with Gasteiger partial charge in [-0.15, -0.1) is 0 Å². The molecule has 0 bridgehead atoms. The highest BCUT2D eigenvalue weighted by molar-refractivity contribution is 9.10. The maximum atomic E-state index is 10.8. The van der Waals surface area contributed by atoms with Crippen molar-refractivity contribution in [2.24, 2.45) is 0 Å². The van der Waals surface area contributed by atoms with Crippen LogP contribution in [0.1, 0.15) is 16.8 Å². The summed E-state index contributed by atoms with van der Waals surface area (Å²) < 4.78 is 12.0. The standard InChI is InChI=1S/C16H15BrO4/c17-14-7-1-2-8-15(14)21-10-4-9-20-13-6-3-5-12(11-13)16(18)19/h1-3,5-8,11H,4,9-10H2,(H,18,19). The molecule has 0 fully saturated rings. The zero-order valence-electron chi connectivity index (χ0n) is 11.3. The molecular formula is C16H15BrO4. The number of carboxylic acid groups (broad SMARTS) is 1. The third-order valence-corrected chi connectivity index (χ3v) is 3.39. The first-order chi connectivity index (χ1) is 10.2. The molecule has 2 aromatic carbocycles. The Balaban J connectivity index is 1.74. The quantitative estimate of drug-likeness (QED) is 0.767. The maximum Gasteiger partial charge on any atom is 0.335 e. The maximum absolute atomic E-state index is 10.8. The van der Waals surface area contributed by atoms with E-state index < -0.39 is 5.97 Å². The normalized spacial score (nSPS) is 10.1. The molecule has 110 valence electrons. The van der Waals surface area contributed by atoms with E-state index in [2.05, 4.69) is 15.9 Å². The number of para-hydroxylation sites is 1. The molecule has 0 saturated heterocycles. The smallest absolute Gasteiger partial charge is 0.335 e. The first-order valence-electron chi connectivity index (χ1n) is 6.50. The minimum absolute atomic E-state index is 0.219. The van der Waals surface area contributed by atoms with Gasteiger partial charge in [-0.2, -0.15) is 0 Å². The van der Waals surface area contributed by atoms with Crippen molar-refractivity contribution in [2.45, 2.75) is 6.42 Å². The first-order valence-corrected chi connectivity index (χ1v) is 7.29. The van der Waals surface area contributed by atoms with Gasteiger partial charge in [-0.25, -0.2) is 4.79 Å². The fourth-order valence-electron chi connectivity index (χ4n) is 1.71. The van der Waals surface area contributed by atoms with Crippen LogP contribution in [0.4, 0.5) is 0 Å². The Hall–Kier alpha value is -2.01. The van der Waals surface area contributed by atoms with Crippen LogP contribution in [0.15, 0.2) is 53.0 Å². The van der Waals surface area contributed by atoms with Crippen molar-refractivity contribution < 1.29 is 19.4 Å². The molecule has 0 spiro atoms. The van der Waals surface area contributed by atoms with E-state index >= 15 is 0 Å². The van der Waals surface area contributed by atoms with Crippen LogP contribution < -0.4 is 9.47 Å². The summed E-state index contributed by atoms with van der Waals surface area (Å²) in [5, 5.41) is 8.89. The van der Waals surface area contributed by atoms with Crippen molar-refractivity contribution in [1.29, 1.82) is 0 Å². The van der Waals surface area contributed by atoms with Crippen molar-refractivity contribution >= 4 is 21.9 Å². The zero-order valence-corrected chi connectivity index (χ0v) is 12.9. The second-order valence-corrected chi connectivity index (χ2v) is 5.17. The topological polar surface area (TPSA) is 55.8 Å². The second-order valence-electron chi connectivity index (χ2n) is 4.31. The number of benzene rings is 2. The summed E-state index contributed by atoms with van der Waals surface area (Å²) in [6.45, 7) is 0.995. The van der Waals surface area contributed by atoms with Crippen molar-refractivity contribution in [3.63, 3.8) is 0 Å². The van der Waals surface area contributed by atoms with Gasteiger partial charge in [0.15, 0.2) is 0 Å². The molecule has 0 heterocycles. The molecule has 5 heteroatoms. The largest absolute Gasteiger partial charge is 0.493 e. The minimum Gasteiger partial charge on any atom is -0.493 e. The monoisotopic (exact) mass is 350 g/mol. The lowest BCUT2D eigenvalue weighted by Crippen LogP contribution is -2.05. The third kappa shape index (κ3) is 4.79. The van der Waals surface area contributed by atoms with Crippen LogP contribution in [-0.2, 0) is 0 Å². The third-order valence-electron chi connectivity index (χ3n) is 2.73. The Labute approximate surface area is 131 Å². The fraction of sp³-hybridized carbons (Fsp3) is 0.188. The molecule has 0 amide bonds. The highest BCUT2D eigenvalue weighted by atomic mass is 79.9. The average Bonchev–Trinajstić information content (AvgIpc) is 2.49. The number of ether oxygens (including phenoxy) is 2. The lowest BCUT2D eigenvalue weighted by atomic mass is 10.2. The van der Waals surface area contributed by atoms with Gasteiger partial charge in [0.1, 0.15) is 11.5 Å². The molecule has 0 saturated carbocycles. The van der Waals surface area contributed by atoms with Crippen molar-refractivity contribution in [1.82, 2.24) is 0 Å². The number of halogens is 1. The summed E-state index contributed by atoms with van der Waals surface area (Å²) in [5.74, 6) is 0.388. The van der Waals surface area contributed by atoms with E-state index in [4.69, 9.17) is 14.6 Å². The van der Waals surface area contributed by atoms with E-state index in [0.717, 1.165) is 10.2 Å². The van der Waals surface area contributed by atoms with E-state index in [9.17, 15) is 4.79 Å². The van der Waals surface area contributed by atoms with Crippen LogP contribution in [0, 0.1) is 0 Å². The number of aromatic carboxylic acids is 1. The highest BCUT2D eigenvalue weighted by Gasteiger charge is 2.04. The number of hydrogen-bond donors (Lipinski definition) is 1. The zero-order chi connectivity index (χ0) is 15.1. The Morgan fingerprint density at radius 2 is 1.81 bits per heavy atom. The molecule has 2 rings (SSSR count). The summed E-state index contributed by atoms with van der Waals surface area (Å²) in [6.07, 6.45) is 0.707. The van der Waals surface area contributed by atoms with Crippen LogP contribution in [0.2, 0.25) is 0 Å². The van der Waals surface area contributed by atoms with Gasteiger partial charge >= 0.3 is 5.97 Å². The lowest BCUT2D eigenvalue weighted by molar-refractivity contribution is 0.0696. The Morgan fingerprint density at radius 1 is 1.05 bits per heavy atom. The number of carboxylic acids is 1. The number of carbonyl (C=O) groups is 1. The predicted octanol–water partition coefficient (Wildman–Crippen LogP) is 4.00. The summed E-state index contributed by atoms with van der Waals surface area (Å²) in [4.78, 5) is 10.8. The van der Waals surface area contributed by atoms with E-state index in [0.29, 0.717) is 25.4 Å². The summed E-state index contributed by atoms with van der Waals surface area (Å²) in [7, 11) is 0. The lowest BCUT2D eigenvalue weighted by Gasteiger charge is -2.09. The van der Waals surface area contributed by atoms with Crippen molar-refractivity contribution in [2.75, 3.05) is 13.2 Å². The Morgan fingerprint density at radius 3 is 2.57 bits per heavy atom. The molecule has 2 aromatic rings. The molecule has 0 aliphatic carbocycles. The Bertz CT molecular complexity index is 613. The summed E-state index contributed by atoms with van der Waals surface area (Å²) in [6, 6.07) is 14.1. The summed E-state index contributed by atoms with van der Waals surface area (Å²) in [5.41, 5.74) is 0.219.